The minimum Gasteiger partial charge on any atom is -0.489 e. The van der Waals surface area contributed by atoms with Gasteiger partial charge in [0, 0.05) is 16.8 Å². The molecule has 1 aromatic heterocycles. The van der Waals surface area contributed by atoms with Gasteiger partial charge in [-0.05, 0) is 98.4 Å². The Morgan fingerprint density at radius 2 is 1.57 bits per heavy atom. The summed E-state index contributed by atoms with van der Waals surface area (Å²) in [7, 11) is 0. The fourth-order valence-corrected chi connectivity index (χ4v) is 4.73. The van der Waals surface area contributed by atoms with Gasteiger partial charge >= 0.3 is 0 Å². The lowest BCUT2D eigenvalue weighted by Crippen LogP contribution is -2.06. The van der Waals surface area contributed by atoms with Crippen LogP contribution in [0, 0.1) is 13.8 Å². The van der Waals surface area contributed by atoms with Crippen molar-refractivity contribution in [1.29, 1.82) is 0 Å². The largest absolute Gasteiger partial charge is 0.489 e. The zero-order valence-corrected chi connectivity index (χ0v) is 18.8. The number of aryl methyl sites for hydroxylation is 6. The van der Waals surface area contributed by atoms with Gasteiger partial charge in [0.05, 0.1) is 5.69 Å². The van der Waals surface area contributed by atoms with E-state index in [1.165, 1.54) is 64.6 Å². The molecule has 2 heteroatoms. The van der Waals surface area contributed by atoms with Crippen molar-refractivity contribution in [3.63, 3.8) is 0 Å². The second-order valence-electron chi connectivity index (χ2n) is 8.47. The third kappa shape index (κ3) is 4.14. The molecule has 0 unspecified atom stereocenters. The molecule has 0 radical (unpaired) electrons. The van der Waals surface area contributed by atoms with Crippen molar-refractivity contribution < 1.29 is 4.74 Å². The molecule has 0 atom stereocenters. The van der Waals surface area contributed by atoms with Crippen LogP contribution in [0.3, 0.4) is 0 Å². The van der Waals surface area contributed by atoms with E-state index in [-0.39, 0.29) is 0 Å². The highest BCUT2D eigenvalue weighted by Crippen LogP contribution is 2.31. The quantitative estimate of drug-likeness (QED) is 0.447. The van der Waals surface area contributed by atoms with Crippen molar-refractivity contribution in [3.8, 4) is 17.0 Å². The smallest absolute Gasteiger partial charge is 0.120 e. The molecule has 1 heterocycles. The third-order valence-electron chi connectivity index (χ3n) is 6.51. The van der Waals surface area contributed by atoms with Crippen LogP contribution in [0.4, 0.5) is 0 Å². The molecule has 3 aromatic rings. The summed E-state index contributed by atoms with van der Waals surface area (Å²) >= 11 is 0. The highest BCUT2D eigenvalue weighted by Gasteiger charge is 2.15. The first kappa shape index (κ1) is 20.7. The Labute approximate surface area is 181 Å². The first-order valence-electron chi connectivity index (χ1n) is 11.4. The summed E-state index contributed by atoms with van der Waals surface area (Å²) in [5.41, 5.74) is 11.6. The maximum atomic E-state index is 6.22. The van der Waals surface area contributed by atoms with Crippen molar-refractivity contribution in [1.82, 2.24) is 4.98 Å². The molecule has 0 N–H and O–H groups in total. The Bertz CT molecular complexity index is 1010. The minimum absolute atomic E-state index is 0.569. The lowest BCUT2D eigenvalue weighted by molar-refractivity contribution is 0.303. The molecule has 1 aliphatic rings. The predicted octanol–water partition coefficient (Wildman–Crippen LogP) is 6.95. The Balaban J connectivity index is 1.60. The molecule has 0 aliphatic heterocycles. The summed E-state index contributed by atoms with van der Waals surface area (Å²) in [6.07, 6.45) is 7.03. The summed E-state index contributed by atoms with van der Waals surface area (Å²) in [5, 5.41) is 0. The zero-order valence-electron chi connectivity index (χ0n) is 18.8. The number of benzene rings is 2. The summed E-state index contributed by atoms with van der Waals surface area (Å²) in [5.74, 6) is 0.975. The summed E-state index contributed by atoms with van der Waals surface area (Å²) in [6, 6.07) is 15.5. The van der Waals surface area contributed by atoms with E-state index in [0.717, 1.165) is 30.0 Å². The van der Waals surface area contributed by atoms with E-state index in [9.17, 15) is 0 Å². The highest BCUT2D eigenvalue weighted by molar-refractivity contribution is 5.69. The number of ether oxygens (including phenoxy) is 1. The molecule has 0 fully saturated rings. The lowest BCUT2D eigenvalue weighted by Gasteiger charge is -2.18. The van der Waals surface area contributed by atoms with Crippen LogP contribution in [0.25, 0.3) is 11.3 Å². The molecule has 0 spiro atoms. The van der Waals surface area contributed by atoms with E-state index in [2.05, 4.69) is 70.2 Å². The molecule has 0 bridgehead atoms. The first-order chi connectivity index (χ1) is 14.6. The Morgan fingerprint density at radius 1 is 0.867 bits per heavy atom. The van der Waals surface area contributed by atoms with E-state index < -0.39 is 0 Å². The number of aromatic nitrogens is 1. The number of hydrogen-bond donors (Lipinski definition) is 0. The standard InChI is InChI=1S/C28H33NO/c1-5-21-12-9-13-22(6-2)28(21)27-16-19(3)26(20(4)29-27)18-30-25-15-14-23-10-7-8-11-24(23)17-25/h9,12-17H,5-8,10-11,18H2,1-4H3. The molecule has 30 heavy (non-hydrogen) atoms. The molecular formula is C28H33NO. The molecule has 2 aromatic carbocycles. The van der Waals surface area contributed by atoms with E-state index in [0.29, 0.717) is 6.61 Å². The Morgan fingerprint density at radius 3 is 2.23 bits per heavy atom. The van der Waals surface area contributed by atoms with Crippen molar-refractivity contribution in [2.45, 2.75) is 72.8 Å². The average molecular weight is 400 g/mol. The van der Waals surface area contributed by atoms with Gasteiger partial charge in [0.25, 0.3) is 0 Å². The minimum atomic E-state index is 0.569. The van der Waals surface area contributed by atoms with Crippen LogP contribution in [-0.2, 0) is 32.3 Å². The van der Waals surface area contributed by atoms with E-state index >= 15 is 0 Å². The van der Waals surface area contributed by atoms with Crippen LogP contribution in [0.1, 0.15) is 65.8 Å². The SMILES string of the molecule is CCc1cccc(CC)c1-c1cc(C)c(COc2ccc3c(c2)CCCC3)c(C)n1. The molecule has 2 nitrogen and oxygen atoms in total. The van der Waals surface area contributed by atoms with Gasteiger partial charge in [-0.1, -0.05) is 38.1 Å². The summed E-state index contributed by atoms with van der Waals surface area (Å²) in [4.78, 5) is 5.02. The zero-order chi connectivity index (χ0) is 21.1. The second kappa shape index (κ2) is 9.04. The summed E-state index contributed by atoms with van der Waals surface area (Å²) in [6.45, 7) is 9.31. The van der Waals surface area contributed by atoms with E-state index in [1.54, 1.807) is 0 Å². The van der Waals surface area contributed by atoms with Crippen LogP contribution in [0.15, 0.2) is 42.5 Å². The monoisotopic (exact) mass is 399 g/mol. The maximum absolute atomic E-state index is 6.22. The fraction of sp³-hybridized carbons (Fsp3) is 0.393. The summed E-state index contributed by atoms with van der Waals surface area (Å²) < 4.78 is 6.22. The van der Waals surface area contributed by atoms with Crippen molar-refractivity contribution in [3.05, 3.63) is 81.5 Å². The van der Waals surface area contributed by atoms with Crippen molar-refractivity contribution in [2.75, 3.05) is 0 Å². The number of pyridine rings is 1. The number of rotatable bonds is 6. The average Bonchev–Trinajstić information content (AvgIpc) is 2.77. The van der Waals surface area contributed by atoms with Gasteiger partial charge in [0.2, 0.25) is 0 Å². The van der Waals surface area contributed by atoms with Gasteiger partial charge < -0.3 is 4.74 Å². The first-order valence-corrected chi connectivity index (χ1v) is 11.4. The molecule has 156 valence electrons. The maximum Gasteiger partial charge on any atom is 0.120 e. The normalized spacial score (nSPS) is 13.2. The highest BCUT2D eigenvalue weighted by atomic mass is 16.5. The topological polar surface area (TPSA) is 22.1 Å². The second-order valence-corrected chi connectivity index (χ2v) is 8.47. The van der Waals surface area contributed by atoms with Crippen LogP contribution in [0.5, 0.6) is 5.75 Å². The van der Waals surface area contributed by atoms with Gasteiger partial charge in [0.15, 0.2) is 0 Å². The van der Waals surface area contributed by atoms with Crippen LogP contribution in [0.2, 0.25) is 0 Å². The van der Waals surface area contributed by atoms with Crippen molar-refractivity contribution in [2.24, 2.45) is 0 Å². The number of hydrogen-bond acceptors (Lipinski definition) is 2. The number of nitrogens with zero attached hydrogens (tertiary/aromatic N) is 1. The van der Waals surface area contributed by atoms with Gasteiger partial charge in [-0.2, -0.15) is 0 Å². The van der Waals surface area contributed by atoms with Crippen LogP contribution < -0.4 is 4.74 Å². The molecule has 0 amide bonds. The third-order valence-corrected chi connectivity index (χ3v) is 6.51. The fourth-order valence-electron chi connectivity index (χ4n) is 4.73. The van der Waals surface area contributed by atoms with Gasteiger partial charge in [0.1, 0.15) is 12.4 Å². The van der Waals surface area contributed by atoms with Crippen LogP contribution >= 0.6 is 0 Å². The molecule has 1 aliphatic carbocycles. The van der Waals surface area contributed by atoms with Gasteiger partial charge in [-0.3, -0.25) is 4.98 Å². The molecule has 4 rings (SSSR count). The predicted molar refractivity (Wildman–Crippen MR) is 125 cm³/mol. The van der Waals surface area contributed by atoms with E-state index in [4.69, 9.17) is 9.72 Å². The van der Waals surface area contributed by atoms with Gasteiger partial charge in [-0.25, -0.2) is 0 Å². The van der Waals surface area contributed by atoms with Crippen LogP contribution in [-0.4, -0.2) is 4.98 Å². The van der Waals surface area contributed by atoms with E-state index in [1.807, 2.05) is 0 Å². The number of fused-ring (bicyclic) bond motifs is 1. The lowest BCUT2D eigenvalue weighted by atomic mass is 9.92. The van der Waals surface area contributed by atoms with Gasteiger partial charge in [-0.15, -0.1) is 0 Å². The molecule has 0 saturated carbocycles. The Kier molecular flexibility index (Phi) is 6.22. The molecule has 0 saturated heterocycles. The van der Waals surface area contributed by atoms with Crippen molar-refractivity contribution >= 4 is 0 Å². The molecular weight excluding hydrogens is 366 g/mol. The Hall–Kier alpha value is -2.61.